The number of thiophene rings is 1. The van der Waals surface area contributed by atoms with Gasteiger partial charge in [0.25, 0.3) is 5.56 Å². The molecule has 0 saturated heterocycles. The lowest BCUT2D eigenvalue weighted by Crippen LogP contribution is -2.19. The van der Waals surface area contributed by atoms with Gasteiger partial charge in [-0.2, -0.15) is 9.78 Å². The van der Waals surface area contributed by atoms with Crippen LogP contribution in [0.3, 0.4) is 0 Å². The number of rotatable bonds is 8. The van der Waals surface area contributed by atoms with Crippen molar-refractivity contribution in [3.63, 3.8) is 0 Å². The number of anilines is 1. The third-order valence-electron chi connectivity index (χ3n) is 5.09. The fourth-order valence-electron chi connectivity index (χ4n) is 3.29. The van der Waals surface area contributed by atoms with Gasteiger partial charge in [0, 0.05) is 18.6 Å². The van der Waals surface area contributed by atoms with Crippen molar-refractivity contribution in [2.45, 2.75) is 32.6 Å². The molecular formula is C24H25N5O3S. The van der Waals surface area contributed by atoms with Crippen molar-refractivity contribution in [3.8, 4) is 22.3 Å². The van der Waals surface area contributed by atoms with E-state index >= 15 is 0 Å². The number of ether oxygens (including phenoxy) is 1. The second-order valence-electron chi connectivity index (χ2n) is 7.85. The largest absolute Gasteiger partial charge is 0.497 e. The highest BCUT2D eigenvalue weighted by molar-refractivity contribution is 7.13. The Hall–Kier alpha value is -3.72. The van der Waals surface area contributed by atoms with E-state index in [4.69, 9.17) is 4.74 Å². The molecule has 0 aliphatic heterocycles. The summed E-state index contributed by atoms with van der Waals surface area (Å²) in [6.45, 7) is 3.93. The summed E-state index contributed by atoms with van der Waals surface area (Å²) in [6.07, 6.45) is 0.876. The number of hydrogen-bond acceptors (Lipinski definition) is 6. The third kappa shape index (κ3) is 5.38. The first-order valence-electron chi connectivity index (χ1n) is 10.6. The molecule has 3 heterocycles. The fourth-order valence-corrected chi connectivity index (χ4v) is 3.97. The molecule has 0 bridgehead atoms. The van der Waals surface area contributed by atoms with Gasteiger partial charge in [0.2, 0.25) is 11.9 Å². The monoisotopic (exact) mass is 463 g/mol. The Morgan fingerprint density at radius 1 is 1.21 bits per heavy atom. The van der Waals surface area contributed by atoms with Gasteiger partial charge in [-0.05, 0) is 41.5 Å². The molecule has 0 radical (unpaired) electrons. The zero-order chi connectivity index (χ0) is 23.4. The molecule has 0 fully saturated rings. The van der Waals surface area contributed by atoms with Crippen LogP contribution in [0.1, 0.15) is 37.4 Å². The average molecular weight is 464 g/mol. The van der Waals surface area contributed by atoms with Crippen LogP contribution in [0.25, 0.3) is 16.5 Å². The predicted molar refractivity (Wildman–Crippen MR) is 129 cm³/mol. The number of carbonyl (C=O) groups is 1. The summed E-state index contributed by atoms with van der Waals surface area (Å²) in [4.78, 5) is 33.2. The van der Waals surface area contributed by atoms with E-state index in [9.17, 15) is 9.59 Å². The Balaban J connectivity index is 1.60. The molecule has 0 aliphatic rings. The van der Waals surface area contributed by atoms with Crippen molar-refractivity contribution in [1.29, 1.82) is 0 Å². The maximum atomic E-state index is 12.8. The van der Waals surface area contributed by atoms with Crippen LogP contribution in [0, 0.1) is 0 Å². The van der Waals surface area contributed by atoms with Crippen molar-refractivity contribution >= 4 is 23.1 Å². The molecule has 4 rings (SSSR count). The minimum absolute atomic E-state index is 0.0703. The van der Waals surface area contributed by atoms with Gasteiger partial charge >= 0.3 is 0 Å². The summed E-state index contributed by atoms with van der Waals surface area (Å²) in [5.41, 5.74) is 2.11. The Labute approximate surface area is 195 Å². The number of hydrogen-bond donors (Lipinski definition) is 2. The maximum absolute atomic E-state index is 12.8. The summed E-state index contributed by atoms with van der Waals surface area (Å²) < 4.78 is 6.65. The third-order valence-corrected chi connectivity index (χ3v) is 5.98. The van der Waals surface area contributed by atoms with Gasteiger partial charge < -0.3 is 10.1 Å². The molecule has 33 heavy (non-hydrogen) atoms. The van der Waals surface area contributed by atoms with Crippen LogP contribution < -0.4 is 15.6 Å². The van der Waals surface area contributed by atoms with E-state index in [0.29, 0.717) is 30.0 Å². The number of carbonyl (C=O) groups excluding carboxylic acids is 1. The molecule has 9 heteroatoms. The number of aryl methyl sites for hydroxylation is 1. The maximum Gasteiger partial charge on any atom is 0.252 e. The Bertz CT molecular complexity index is 1290. The molecule has 8 nitrogen and oxygen atoms in total. The van der Waals surface area contributed by atoms with E-state index in [0.717, 1.165) is 16.2 Å². The van der Waals surface area contributed by atoms with E-state index in [1.54, 1.807) is 24.5 Å². The summed E-state index contributed by atoms with van der Waals surface area (Å²) in [7, 11) is 1.62. The number of benzene rings is 1. The van der Waals surface area contributed by atoms with Crippen molar-refractivity contribution in [3.05, 3.63) is 75.5 Å². The van der Waals surface area contributed by atoms with Gasteiger partial charge in [-0.3, -0.25) is 14.6 Å². The molecule has 0 unspecified atom stereocenters. The molecule has 170 valence electrons. The average Bonchev–Trinajstić information content (AvgIpc) is 3.48. The van der Waals surface area contributed by atoms with E-state index in [-0.39, 0.29) is 23.3 Å². The van der Waals surface area contributed by atoms with Crippen LogP contribution in [-0.4, -0.2) is 32.8 Å². The quantitative estimate of drug-likeness (QED) is 0.404. The number of nitrogens with zero attached hydrogens (tertiary/aromatic N) is 3. The fraction of sp³-hybridized carbons (Fsp3) is 0.250. The van der Waals surface area contributed by atoms with Crippen LogP contribution in [0.5, 0.6) is 5.75 Å². The Kier molecular flexibility index (Phi) is 6.69. The van der Waals surface area contributed by atoms with E-state index in [2.05, 4.69) is 20.4 Å². The van der Waals surface area contributed by atoms with Crippen molar-refractivity contribution in [1.82, 2.24) is 19.7 Å². The first-order chi connectivity index (χ1) is 15.9. The highest BCUT2D eigenvalue weighted by Crippen LogP contribution is 2.27. The molecular weight excluding hydrogens is 438 g/mol. The first kappa shape index (κ1) is 22.5. The van der Waals surface area contributed by atoms with Gasteiger partial charge in [-0.1, -0.05) is 32.0 Å². The highest BCUT2D eigenvalue weighted by Gasteiger charge is 2.17. The smallest absolute Gasteiger partial charge is 0.252 e. The van der Waals surface area contributed by atoms with Crippen LogP contribution in [-0.2, 0) is 11.2 Å². The molecule has 0 atom stereocenters. The molecule has 0 spiro atoms. The van der Waals surface area contributed by atoms with Crippen LogP contribution >= 0.6 is 11.3 Å². The summed E-state index contributed by atoms with van der Waals surface area (Å²) >= 11 is 1.54. The molecule has 2 N–H and O–H groups in total. The molecule has 3 aromatic heterocycles. The second-order valence-corrected chi connectivity index (χ2v) is 8.80. The van der Waals surface area contributed by atoms with Crippen molar-refractivity contribution in [2.24, 2.45) is 0 Å². The number of methoxy groups -OCH3 is 1. The van der Waals surface area contributed by atoms with Crippen LogP contribution in [0.15, 0.2) is 58.7 Å². The van der Waals surface area contributed by atoms with Crippen molar-refractivity contribution in [2.75, 3.05) is 12.4 Å². The van der Waals surface area contributed by atoms with Gasteiger partial charge in [-0.25, -0.2) is 4.98 Å². The first-order valence-corrected chi connectivity index (χ1v) is 11.5. The minimum Gasteiger partial charge on any atom is -0.497 e. The van der Waals surface area contributed by atoms with Crippen LogP contribution in [0.2, 0.25) is 0 Å². The summed E-state index contributed by atoms with van der Waals surface area (Å²) in [5.74, 6) is 1.40. The van der Waals surface area contributed by atoms with Gasteiger partial charge in [-0.15, -0.1) is 11.3 Å². The van der Waals surface area contributed by atoms with Crippen molar-refractivity contribution < 1.29 is 9.53 Å². The minimum atomic E-state index is -0.270. The number of aromatic nitrogens is 4. The van der Waals surface area contributed by atoms with Gasteiger partial charge in [0.1, 0.15) is 17.3 Å². The van der Waals surface area contributed by atoms with E-state index in [1.165, 1.54) is 10.7 Å². The number of amides is 1. The van der Waals surface area contributed by atoms with E-state index < -0.39 is 0 Å². The SMILES string of the molecule is COc1ccc(CCC(=O)Nc2cc(-c3cccs3)nn2-c2nc(C(C)C)cc(=O)[nH]2)cc1. The number of nitrogens with one attached hydrogen (secondary N) is 2. The number of H-pyrrole nitrogens is 1. The van der Waals surface area contributed by atoms with Crippen LogP contribution in [0.4, 0.5) is 5.82 Å². The molecule has 0 saturated carbocycles. The van der Waals surface area contributed by atoms with Gasteiger partial charge in [0.05, 0.1) is 17.7 Å². The topological polar surface area (TPSA) is 102 Å². The molecule has 1 aromatic carbocycles. The Morgan fingerprint density at radius 2 is 2.00 bits per heavy atom. The highest BCUT2D eigenvalue weighted by atomic mass is 32.1. The zero-order valence-electron chi connectivity index (χ0n) is 18.7. The van der Waals surface area contributed by atoms with E-state index in [1.807, 2.05) is 55.6 Å². The lowest BCUT2D eigenvalue weighted by Gasteiger charge is -2.10. The van der Waals surface area contributed by atoms with Gasteiger partial charge in [0.15, 0.2) is 0 Å². The molecule has 0 aliphatic carbocycles. The lowest BCUT2D eigenvalue weighted by atomic mass is 10.1. The summed E-state index contributed by atoms with van der Waals surface area (Å²) in [5, 5.41) is 9.51. The normalized spacial score (nSPS) is 11.0. The predicted octanol–water partition coefficient (Wildman–Crippen LogP) is 4.39. The summed E-state index contributed by atoms with van der Waals surface area (Å²) in [6, 6.07) is 14.8. The molecule has 4 aromatic rings. The number of aromatic amines is 1. The molecule has 1 amide bonds. The second kappa shape index (κ2) is 9.83. The Morgan fingerprint density at radius 3 is 2.67 bits per heavy atom. The zero-order valence-corrected chi connectivity index (χ0v) is 19.5. The lowest BCUT2D eigenvalue weighted by molar-refractivity contribution is -0.116. The standard InChI is InChI=1S/C24H25N5O3S/c1-15(2)18-14-23(31)27-24(25-18)29-21(13-19(28-29)20-5-4-12-33-20)26-22(30)11-8-16-6-9-17(32-3)10-7-16/h4-7,9-10,12-15H,8,11H2,1-3H3,(H,26,30)(H,25,27,31).